The summed E-state index contributed by atoms with van der Waals surface area (Å²) < 4.78 is 11.0. The molecule has 1 unspecified atom stereocenters. The van der Waals surface area contributed by atoms with E-state index in [2.05, 4.69) is 53.4 Å². The summed E-state index contributed by atoms with van der Waals surface area (Å²) >= 11 is 1.75. The van der Waals surface area contributed by atoms with E-state index in [1.165, 1.54) is 11.1 Å². The van der Waals surface area contributed by atoms with Crippen LogP contribution in [-0.2, 0) is 10.2 Å². The van der Waals surface area contributed by atoms with Gasteiger partial charge in [-0.05, 0) is 65.8 Å². The van der Waals surface area contributed by atoms with Gasteiger partial charge in [0, 0.05) is 31.7 Å². The minimum Gasteiger partial charge on any atom is -0.497 e. The lowest BCUT2D eigenvalue weighted by Crippen LogP contribution is -2.42. The highest BCUT2D eigenvalue weighted by atomic mass is 32.1. The van der Waals surface area contributed by atoms with Gasteiger partial charge in [0.1, 0.15) is 5.75 Å². The van der Waals surface area contributed by atoms with Crippen molar-refractivity contribution in [3.8, 4) is 5.75 Å². The third kappa shape index (κ3) is 5.73. The van der Waals surface area contributed by atoms with E-state index in [4.69, 9.17) is 14.5 Å². The number of hydrogen-bond donors (Lipinski definition) is 2. The highest BCUT2D eigenvalue weighted by Gasteiger charge is 2.34. The summed E-state index contributed by atoms with van der Waals surface area (Å²) in [5.74, 6) is 2.22. The van der Waals surface area contributed by atoms with Crippen LogP contribution in [0.2, 0.25) is 0 Å². The van der Waals surface area contributed by atoms with Crippen LogP contribution in [0.1, 0.15) is 43.7 Å². The van der Waals surface area contributed by atoms with Crippen LogP contribution in [0.5, 0.6) is 5.75 Å². The maximum Gasteiger partial charge on any atom is 0.191 e. The highest BCUT2D eigenvalue weighted by Crippen LogP contribution is 2.36. The van der Waals surface area contributed by atoms with E-state index in [-0.39, 0.29) is 5.41 Å². The monoisotopic (exact) mass is 415 g/mol. The molecule has 0 spiro atoms. The van der Waals surface area contributed by atoms with Gasteiger partial charge in [-0.3, -0.25) is 4.99 Å². The number of rotatable bonds is 8. The molecule has 1 aliphatic rings. The SMILES string of the molecule is CCNC(=NCC1(c2ccc(OC)cc2)CCOCC1)NCC(C)c1ccsc1. The van der Waals surface area contributed by atoms with E-state index in [1.54, 1.807) is 18.4 Å². The summed E-state index contributed by atoms with van der Waals surface area (Å²) in [6.45, 7) is 8.36. The second kappa shape index (κ2) is 10.6. The molecular formula is C23H33N3O2S. The van der Waals surface area contributed by atoms with Crippen molar-refractivity contribution < 1.29 is 9.47 Å². The molecule has 2 N–H and O–H groups in total. The highest BCUT2D eigenvalue weighted by molar-refractivity contribution is 7.07. The van der Waals surface area contributed by atoms with Crippen LogP contribution in [0.25, 0.3) is 0 Å². The van der Waals surface area contributed by atoms with E-state index < -0.39 is 0 Å². The number of aliphatic imine (C=N–C) groups is 1. The number of thiophene rings is 1. The first kappa shape index (κ1) is 21.7. The molecule has 3 rings (SSSR count). The van der Waals surface area contributed by atoms with Crippen molar-refractivity contribution in [1.82, 2.24) is 10.6 Å². The smallest absolute Gasteiger partial charge is 0.191 e. The molecule has 29 heavy (non-hydrogen) atoms. The number of methoxy groups -OCH3 is 1. The molecule has 0 bridgehead atoms. The summed E-state index contributed by atoms with van der Waals surface area (Å²) in [7, 11) is 1.70. The van der Waals surface area contributed by atoms with Gasteiger partial charge >= 0.3 is 0 Å². The zero-order chi connectivity index (χ0) is 20.5. The van der Waals surface area contributed by atoms with E-state index in [1.807, 2.05) is 12.1 Å². The Labute approximate surface area is 178 Å². The zero-order valence-electron chi connectivity index (χ0n) is 17.7. The Morgan fingerprint density at radius 1 is 1.21 bits per heavy atom. The van der Waals surface area contributed by atoms with Gasteiger partial charge < -0.3 is 20.1 Å². The standard InChI is InChI=1S/C23H33N3O2S/c1-4-24-22(25-15-18(2)19-9-14-29-16-19)26-17-23(10-12-28-13-11-23)20-5-7-21(27-3)8-6-20/h5-9,14,16,18H,4,10-13,15,17H2,1-3H3,(H2,24,25,26). The molecule has 0 aliphatic carbocycles. The van der Waals surface area contributed by atoms with Crippen molar-refractivity contribution in [2.75, 3.05) is 40.0 Å². The molecule has 1 saturated heterocycles. The summed E-state index contributed by atoms with van der Waals surface area (Å²) in [5.41, 5.74) is 2.69. The third-order valence-corrected chi connectivity index (χ3v) is 6.43. The maximum atomic E-state index is 5.66. The third-order valence-electron chi connectivity index (χ3n) is 5.72. The van der Waals surface area contributed by atoms with Crippen molar-refractivity contribution in [2.45, 2.75) is 38.0 Å². The van der Waals surface area contributed by atoms with Crippen LogP contribution in [0.3, 0.4) is 0 Å². The Kier molecular flexibility index (Phi) is 7.95. The molecule has 0 radical (unpaired) electrons. The zero-order valence-corrected chi connectivity index (χ0v) is 18.6. The Hall–Kier alpha value is -2.05. The molecule has 1 aliphatic heterocycles. The average molecular weight is 416 g/mol. The van der Waals surface area contributed by atoms with Gasteiger partial charge in [-0.1, -0.05) is 19.1 Å². The van der Waals surface area contributed by atoms with Gasteiger partial charge in [0.2, 0.25) is 0 Å². The van der Waals surface area contributed by atoms with Crippen molar-refractivity contribution in [2.24, 2.45) is 4.99 Å². The second-order valence-corrected chi connectivity index (χ2v) is 8.44. The Balaban J connectivity index is 1.72. The van der Waals surface area contributed by atoms with Gasteiger partial charge in [0.15, 0.2) is 5.96 Å². The fraction of sp³-hybridized carbons (Fsp3) is 0.522. The second-order valence-electron chi connectivity index (χ2n) is 7.66. The molecule has 2 heterocycles. The minimum atomic E-state index is 0.00580. The summed E-state index contributed by atoms with van der Waals surface area (Å²) in [4.78, 5) is 4.99. The molecule has 5 nitrogen and oxygen atoms in total. The van der Waals surface area contributed by atoms with Gasteiger partial charge in [-0.25, -0.2) is 0 Å². The molecule has 6 heteroatoms. The van der Waals surface area contributed by atoms with Crippen LogP contribution < -0.4 is 15.4 Å². The van der Waals surface area contributed by atoms with Crippen LogP contribution in [0.4, 0.5) is 0 Å². The van der Waals surface area contributed by atoms with Crippen molar-refractivity contribution in [3.05, 3.63) is 52.2 Å². The molecular weight excluding hydrogens is 382 g/mol. The summed E-state index contributed by atoms with van der Waals surface area (Å²) in [6, 6.07) is 10.6. The number of nitrogens with one attached hydrogen (secondary N) is 2. The normalized spacial score (nSPS) is 17.6. The van der Waals surface area contributed by atoms with Gasteiger partial charge in [-0.2, -0.15) is 11.3 Å². The molecule has 0 amide bonds. The first-order valence-corrected chi connectivity index (χ1v) is 11.4. The summed E-state index contributed by atoms with van der Waals surface area (Å²) in [6.07, 6.45) is 1.96. The topological polar surface area (TPSA) is 54.9 Å². The Bertz CT molecular complexity index is 753. The molecule has 1 fully saturated rings. The van der Waals surface area contributed by atoms with Crippen molar-refractivity contribution >= 4 is 17.3 Å². The lowest BCUT2D eigenvalue weighted by Gasteiger charge is -2.36. The quantitative estimate of drug-likeness (QED) is 0.502. The first-order chi connectivity index (χ1) is 14.2. The van der Waals surface area contributed by atoms with Crippen LogP contribution in [0, 0.1) is 0 Å². The van der Waals surface area contributed by atoms with E-state index in [0.29, 0.717) is 5.92 Å². The lowest BCUT2D eigenvalue weighted by molar-refractivity contribution is 0.0531. The average Bonchev–Trinajstić information content (AvgIpc) is 3.31. The predicted molar refractivity (Wildman–Crippen MR) is 121 cm³/mol. The van der Waals surface area contributed by atoms with E-state index >= 15 is 0 Å². The van der Waals surface area contributed by atoms with Gasteiger partial charge in [-0.15, -0.1) is 0 Å². The number of benzene rings is 1. The number of nitrogens with zero attached hydrogens (tertiary/aromatic N) is 1. The molecule has 1 aromatic carbocycles. The molecule has 158 valence electrons. The van der Waals surface area contributed by atoms with Crippen LogP contribution in [-0.4, -0.2) is 45.9 Å². The largest absolute Gasteiger partial charge is 0.497 e. The van der Waals surface area contributed by atoms with Crippen LogP contribution >= 0.6 is 11.3 Å². The molecule has 1 atom stereocenters. The van der Waals surface area contributed by atoms with Crippen molar-refractivity contribution in [1.29, 1.82) is 0 Å². The maximum absolute atomic E-state index is 5.66. The van der Waals surface area contributed by atoms with Gasteiger partial charge in [0.05, 0.1) is 13.7 Å². The fourth-order valence-electron chi connectivity index (χ4n) is 3.74. The number of guanidine groups is 1. The minimum absolute atomic E-state index is 0.00580. The Morgan fingerprint density at radius 2 is 1.97 bits per heavy atom. The Morgan fingerprint density at radius 3 is 2.59 bits per heavy atom. The number of hydrogen-bond acceptors (Lipinski definition) is 4. The van der Waals surface area contributed by atoms with E-state index in [9.17, 15) is 0 Å². The number of ether oxygens (including phenoxy) is 2. The predicted octanol–water partition coefficient (Wildman–Crippen LogP) is 4.16. The molecule has 1 aromatic heterocycles. The lowest BCUT2D eigenvalue weighted by atomic mass is 9.74. The van der Waals surface area contributed by atoms with E-state index in [0.717, 1.165) is 57.4 Å². The van der Waals surface area contributed by atoms with Gasteiger partial charge in [0.25, 0.3) is 0 Å². The van der Waals surface area contributed by atoms with Crippen molar-refractivity contribution in [3.63, 3.8) is 0 Å². The van der Waals surface area contributed by atoms with Crippen LogP contribution in [0.15, 0.2) is 46.1 Å². The summed E-state index contributed by atoms with van der Waals surface area (Å²) in [5, 5.41) is 11.3. The first-order valence-electron chi connectivity index (χ1n) is 10.4. The molecule has 2 aromatic rings. The fourth-order valence-corrected chi connectivity index (χ4v) is 4.52. The molecule has 0 saturated carbocycles.